The number of amides is 2. The van der Waals surface area contributed by atoms with Crippen molar-refractivity contribution in [3.8, 4) is 0 Å². The van der Waals surface area contributed by atoms with Gasteiger partial charge in [-0.2, -0.15) is 0 Å². The van der Waals surface area contributed by atoms with Gasteiger partial charge in [0.1, 0.15) is 0 Å². The quantitative estimate of drug-likeness (QED) is 0.801. The van der Waals surface area contributed by atoms with Gasteiger partial charge in [-0.25, -0.2) is 0 Å². The van der Waals surface area contributed by atoms with Gasteiger partial charge in [-0.05, 0) is 30.7 Å². The number of rotatable bonds is 7. The number of carbonyl (C=O) groups excluding carboxylic acids is 2. The zero-order chi connectivity index (χ0) is 19.1. The highest BCUT2D eigenvalue weighted by Crippen LogP contribution is 2.31. The fourth-order valence-corrected chi connectivity index (χ4v) is 4.44. The van der Waals surface area contributed by atoms with Crippen molar-refractivity contribution in [1.82, 2.24) is 15.1 Å². The molecule has 27 heavy (non-hydrogen) atoms. The smallest absolute Gasteiger partial charge is 0.237 e. The van der Waals surface area contributed by atoms with E-state index in [2.05, 4.69) is 17.1 Å². The predicted octanol–water partition coefficient (Wildman–Crippen LogP) is 2.46. The molecule has 1 aromatic carbocycles. The van der Waals surface area contributed by atoms with E-state index in [9.17, 15) is 9.59 Å². The topological polar surface area (TPSA) is 52.7 Å². The second kappa shape index (κ2) is 9.88. The van der Waals surface area contributed by atoms with Gasteiger partial charge in [0.2, 0.25) is 11.8 Å². The molecule has 1 heterocycles. The van der Waals surface area contributed by atoms with Crippen LogP contribution in [0, 0.1) is 5.92 Å². The van der Waals surface area contributed by atoms with E-state index in [0.717, 1.165) is 57.5 Å². The van der Waals surface area contributed by atoms with E-state index in [1.54, 1.807) is 0 Å². The Morgan fingerprint density at radius 1 is 1.07 bits per heavy atom. The van der Waals surface area contributed by atoms with Gasteiger partial charge in [-0.15, -0.1) is 0 Å². The summed E-state index contributed by atoms with van der Waals surface area (Å²) in [7, 11) is 0. The van der Waals surface area contributed by atoms with Crippen molar-refractivity contribution in [1.29, 1.82) is 0 Å². The first-order valence-electron chi connectivity index (χ1n) is 10.5. The molecule has 0 spiro atoms. The van der Waals surface area contributed by atoms with Gasteiger partial charge >= 0.3 is 0 Å². The van der Waals surface area contributed by atoms with Crippen LogP contribution in [0.15, 0.2) is 30.3 Å². The van der Waals surface area contributed by atoms with Gasteiger partial charge in [-0.1, -0.05) is 50.1 Å². The van der Waals surface area contributed by atoms with Crippen LogP contribution in [-0.4, -0.2) is 60.4 Å². The maximum absolute atomic E-state index is 12.8. The summed E-state index contributed by atoms with van der Waals surface area (Å²) in [5.74, 6) is 0.843. The second-order valence-electron chi connectivity index (χ2n) is 7.86. The van der Waals surface area contributed by atoms with Crippen molar-refractivity contribution in [2.24, 2.45) is 5.92 Å². The standard InChI is InChI=1S/C22H33N3O2/c1-2-12-23-22(27)21(19-10-6-7-11-19)25-15-13-24(14-16-25)20(26)17-18-8-4-3-5-9-18/h3-5,8-9,19,21H,2,6-7,10-17H2,1H3,(H,23,27). The summed E-state index contributed by atoms with van der Waals surface area (Å²) in [6, 6.07) is 9.90. The Morgan fingerprint density at radius 3 is 2.37 bits per heavy atom. The SMILES string of the molecule is CCCNC(=O)C(C1CCCC1)N1CCN(C(=O)Cc2ccccc2)CC1. The number of benzene rings is 1. The molecule has 1 saturated carbocycles. The number of hydrogen-bond acceptors (Lipinski definition) is 3. The molecule has 1 saturated heterocycles. The fraction of sp³-hybridized carbons (Fsp3) is 0.636. The Labute approximate surface area is 163 Å². The third kappa shape index (κ3) is 5.32. The third-order valence-electron chi connectivity index (χ3n) is 5.92. The molecule has 148 valence electrons. The zero-order valence-corrected chi connectivity index (χ0v) is 16.5. The molecule has 2 aliphatic rings. The molecule has 2 amide bonds. The monoisotopic (exact) mass is 371 g/mol. The van der Waals surface area contributed by atoms with Crippen molar-refractivity contribution in [2.45, 2.75) is 51.5 Å². The minimum Gasteiger partial charge on any atom is -0.355 e. The summed E-state index contributed by atoms with van der Waals surface area (Å²) in [4.78, 5) is 29.7. The van der Waals surface area contributed by atoms with E-state index in [4.69, 9.17) is 0 Å². The van der Waals surface area contributed by atoms with E-state index in [1.807, 2.05) is 35.2 Å². The van der Waals surface area contributed by atoms with Crippen LogP contribution in [0.2, 0.25) is 0 Å². The number of nitrogens with one attached hydrogen (secondary N) is 1. The van der Waals surface area contributed by atoms with Crippen LogP contribution in [0.1, 0.15) is 44.6 Å². The first kappa shape index (κ1) is 19.9. The molecule has 5 heteroatoms. The molecule has 0 aromatic heterocycles. The molecule has 0 radical (unpaired) electrons. The van der Waals surface area contributed by atoms with Crippen LogP contribution in [-0.2, 0) is 16.0 Å². The molecule has 2 fully saturated rings. The summed E-state index contributed by atoms with van der Waals surface area (Å²) < 4.78 is 0. The van der Waals surface area contributed by atoms with Gasteiger partial charge in [0, 0.05) is 32.7 Å². The lowest BCUT2D eigenvalue weighted by molar-refractivity contribution is -0.134. The van der Waals surface area contributed by atoms with E-state index < -0.39 is 0 Å². The molecule has 3 rings (SSSR count). The maximum Gasteiger partial charge on any atom is 0.237 e. The van der Waals surface area contributed by atoms with Crippen molar-refractivity contribution in [3.63, 3.8) is 0 Å². The normalized spacial score (nSPS) is 19.8. The van der Waals surface area contributed by atoms with Crippen LogP contribution in [0.3, 0.4) is 0 Å². The van der Waals surface area contributed by atoms with Gasteiger partial charge < -0.3 is 10.2 Å². The zero-order valence-electron chi connectivity index (χ0n) is 16.5. The van der Waals surface area contributed by atoms with Crippen LogP contribution in [0.25, 0.3) is 0 Å². The molecule has 1 aromatic rings. The van der Waals surface area contributed by atoms with Crippen molar-refractivity contribution < 1.29 is 9.59 Å². The highest BCUT2D eigenvalue weighted by Gasteiger charge is 2.37. The van der Waals surface area contributed by atoms with E-state index in [-0.39, 0.29) is 17.9 Å². The van der Waals surface area contributed by atoms with Gasteiger partial charge in [0.15, 0.2) is 0 Å². The molecule has 1 atom stereocenters. The van der Waals surface area contributed by atoms with E-state index in [1.165, 1.54) is 12.8 Å². The van der Waals surface area contributed by atoms with Gasteiger partial charge in [0.25, 0.3) is 0 Å². The van der Waals surface area contributed by atoms with Gasteiger partial charge in [0.05, 0.1) is 12.5 Å². The number of hydrogen-bond donors (Lipinski definition) is 1. The van der Waals surface area contributed by atoms with Crippen LogP contribution in [0.4, 0.5) is 0 Å². The molecule has 1 aliphatic heterocycles. The van der Waals surface area contributed by atoms with Crippen LogP contribution >= 0.6 is 0 Å². The highest BCUT2D eigenvalue weighted by atomic mass is 16.2. The second-order valence-corrected chi connectivity index (χ2v) is 7.86. The average molecular weight is 372 g/mol. The maximum atomic E-state index is 12.8. The highest BCUT2D eigenvalue weighted by molar-refractivity contribution is 5.82. The van der Waals surface area contributed by atoms with Crippen LogP contribution < -0.4 is 5.32 Å². The summed E-state index contributed by atoms with van der Waals surface area (Å²) >= 11 is 0. The molecular weight excluding hydrogens is 338 g/mol. The molecule has 5 nitrogen and oxygen atoms in total. The lowest BCUT2D eigenvalue weighted by atomic mass is 9.95. The Bertz CT molecular complexity index is 605. The van der Waals surface area contributed by atoms with Crippen molar-refractivity contribution in [2.75, 3.05) is 32.7 Å². The minimum absolute atomic E-state index is 0.0228. The van der Waals surface area contributed by atoms with E-state index in [0.29, 0.717) is 12.3 Å². The summed E-state index contributed by atoms with van der Waals surface area (Å²) in [6.45, 7) is 5.86. The summed E-state index contributed by atoms with van der Waals surface area (Å²) in [6.07, 6.45) is 6.19. The summed E-state index contributed by atoms with van der Waals surface area (Å²) in [5, 5.41) is 3.11. The van der Waals surface area contributed by atoms with Crippen molar-refractivity contribution in [3.05, 3.63) is 35.9 Å². The number of carbonyl (C=O) groups is 2. The van der Waals surface area contributed by atoms with Crippen molar-refractivity contribution >= 4 is 11.8 Å². The van der Waals surface area contributed by atoms with E-state index >= 15 is 0 Å². The fourth-order valence-electron chi connectivity index (χ4n) is 4.44. The first-order chi connectivity index (χ1) is 13.2. The number of nitrogens with zero attached hydrogens (tertiary/aromatic N) is 2. The molecular formula is C22H33N3O2. The van der Waals surface area contributed by atoms with Gasteiger partial charge in [-0.3, -0.25) is 14.5 Å². The largest absolute Gasteiger partial charge is 0.355 e. The Hall–Kier alpha value is -1.88. The molecule has 1 aliphatic carbocycles. The molecule has 1 unspecified atom stereocenters. The number of piperazine rings is 1. The minimum atomic E-state index is -0.0228. The average Bonchev–Trinajstić information content (AvgIpc) is 3.22. The van der Waals surface area contributed by atoms with Crippen LogP contribution in [0.5, 0.6) is 0 Å². The lowest BCUT2D eigenvalue weighted by Crippen LogP contribution is -2.58. The Kier molecular flexibility index (Phi) is 7.27. The Balaban J connectivity index is 1.56. The lowest BCUT2D eigenvalue weighted by Gasteiger charge is -2.40. The third-order valence-corrected chi connectivity index (χ3v) is 5.92. The summed E-state index contributed by atoms with van der Waals surface area (Å²) in [5.41, 5.74) is 1.06. The Morgan fingerprint density at radius 2 is 1.74 bits per heavy atom. The predicted molar refractivity (Wildman–Crippen MR) is 107 cm³/mol. The molecule has 1 N–H and O–H groups in total. The first-order valence-corrected chi connectivity index (χ1v) is 10.5. The molecule has 0 bridgehead atoms.